The molecule has 0 radical (unpaired) electrons. The van der Waals surface area contributed by atoms with Gasteiger partial charge in [-0.05, 0) is 37.6 Å². The molecule has 4 aromatic rings. The second-order valence-electron chi connectivity index (χ2n) is 7.63. The van der Waals surface area contributed by atoms with Gasteiger partial charge in [0.15, 0.2) is 5.43 Å². The fraction of sp³-hybridized carbons (Fsp3) is 0.217. The third-order valence-corrected chi connectivity index (χ3v) is 5.48. The van der Waals surface area contributed by atoms with Crippen LogP contribution in [-0.2, 0) is 19.5 Å². The first-order valence-corrected chi connectivity index (χ1v) is 9.84. The summed E-state index contributed by atoms with van der Waals surface area (Å²) in [4.78, 5) is 39.2. The highest BCUT2D eigenvalue weighted by atomic mass is 16.3. The fourth-order valence-corrected chi connectivity index (χ4v) is 3.90. The number of aryl methyl sites for hydroxylation is 1. The molecule has 0 spiro atoms. The molecule has 1 N–H and O–H groups in total. The van der Waals surface area contributed by atoms with Crippen molar-refractivity contribution in [3.63, 3.8) is 0 Å². The standard InChI is InChI=1S/C23H20N4O3/c1-14-4-5-20-18(9-14)21(28)16(13-30-20)11-27-8-6-17-19(12-27)25-22(26-23(17)29)15-3-2-7-24-10-15/h2-5,7,9-10,13H,6,8,11-12H2,1H3,(H,25,26,29). The Labute approximate surface area is 172 Å². The van der Waals surface area contributed by atoms with Crippen LogP contribution in [0.1, 0.15) is 22.4 Å². The van der Waals surface area contributed by atoms with Crippen LogP contribution in [0.5, 0.6) is 0 Å². The van der Waals surface area contributed by atoms with E-state index in [-0.39, 0.29) is 11.0 Å². The van der Waals surface area contributed by atoms with Crippen molar-refractivity contribution in [2.75, 3.05) is 6.54 Å². The maximum Gasteiger partial charge on any atom is 0.254 e. The minimum absolute atomic E-state index is 0.0133. The van der Waals surface area contributed by atoms with E-state index in [0.717, 1.165) is 16.8 Å². The van der Waals surface area contributed by atoms with Gasteiger partial charge >= 0.3 is 0 Å². The molecule has 30 heavy (non-hydrogen) atoms. The van der Waals surface area contributed by atoms with Gasteiger partial charge in [-0.2, -0.15) is 0 Å². The molecule has 1 aliphatic heterocycles. The lowest BCUT2D eigenvalue weighted by Crippen LogP contribution is -2.36. The molecule has 7 nitrogen and oxygen atoms in total. The summed E-state index contributed by atoms with van der Waals surface area (Å²) in [5, 5.41) is 0.596. The topological polar surface area (TPSA) is 92.1 Å². The Morgan fingerprint density at radius 1 is 1.23 bits per heavy atom. The van der Waals surface area contributed by atoms with Gasteiger partial charge in [0.05, 0.1) is 17.3 Å². The first-order chi connectivity index (χ1) is 14.6. The van der Waals surface area contributed by atoms with Crippen LogP contribution in [0.2, 0.25) is 0 Å². The van der Waals surface area contributed by atoms with Crippen LogP contribution in [0.15, 0.2) is 63.0 Å². The SMILES string of the molecule is Cc1ccc2occ(CN3CCc4c(nc(-c5cccnc5)[nH]c4=O)C3)c(=O)c2c1. The van der Waals surface area contributed by atoms with Crippen molar-refractivity contribution >= 4 is 11.0 Å². The number of nitrogens with zero attached hydrogens (tertiary/aromatic N) is 3. The lowest BCUT2D eigenvalue weighted by molar-refractivity contribution is 0.238. The number of hydrogen-bond acceptors (Lipinski definition) is 6. The zero-order valence-corrected chi connectivity index (χ0v) is 16.5. The van der Waals surface area contributed by atoms with E-state index in [9.17, 15) is 9.59 Å². The fourth-order valence-electron chi connectivity index (χ4n) is 3.90. The average molecular weight is 400 g/mol. The first kappa shape index (κ1) is 18.4. The number of benzene rings is 1. The van der Waals surface area contributed by atoms with E-state index < -0.39 is 0 Å². The van der Waals surface area contributed by atoms with Crippen molar-refractivity contribution in [2.24, 2.45) is 0 Å². The van der Waals surface area contributed by atoms with Gasteiger partial charge in [-0.25, -0.2) is 4.98 Å². The summed E-state index contributed by atoms with van der Waals surface area (Å²) in [5.41, 5.74) is 4.30. The Bertz CT molecular complexity index is 1360. The molecule has 3 aromatic heterocycles. The Balaban J connectivity index is 1.45. The second-order valence-corrected chi connectivity index (χ2v) is 7.63. The number of fused-ring (bicyclic) bond motifs is 2. The van der Waals surface area contributed by atoms with Crippen LogP contribution in [-0.4, -0.2) is 26.4 Å². The molecular formula is C23H20N4O3. The van der Waals surface area contributed by atoms with E-state index in [4.69, 9.17) is 4.42 Å². The summed E-state index contributed by atoms with van der Waals surface area (Å²) >= 11 is 0. The molecule has 0 aliphatic carbocycles. The van der Waals surface area contributed by atoms with E-state index in [1.54, 1.807) is 18.7 Å². The van der Waals surface area contributed by atoms with Crippen molar-refractivity contribution in [3.05, 3.63) is 92.0 Å². The molecule has 0 saturated carbocycles. The molecule has 1 aromatic carbocycles. The molecule has 7 heteroatoms. The Hall–Kier alpha value is -3.58. The number of pyridine rings is 1. The highest BCUT2D eigenvalue weighted by molar-refractivity contribution is 5.77. The Morgan fingerprint density at radius 2 is 2.13 bits per heavy atom. The highest BCUT2D eigenvalue weighted by Crippen LogP contribution is 2.20. The van der Waals surface area contributed by atoms with E-state index in [2.05, 4.69) is 19.9 Å². The summed E-state index contributed by atoms with van der Waals surface area (Å²) in [5.74, 6) is 0.509. The van der Waals surface area contributed by atoms with Gasteiger partial charge in [-0.15, -0.1) is 0 Å². The maximum atomic E-state index is 12.9. The largest absolute Gasteiger partial charge is 0.464 e. The van der Waals surface area contributed by atoms with E-state index >= 15 is 0 Å². The van der Waals surface area contributed by atoms with Gasteiger partial charge in [0.1, 0.15) is 11.4 Å². The Kier molecular flexibility index (Phi) is 4.52. The van der Waals surface area contributed by atoms with Crippen molar-refractivity contribution < 1.29 is 4.42 Å². The van der Waals surface area contributed by atoms with Gasteiger partial charge in [0.2, 0.25) is 0 Å². The summed E-state index contributed by atoms with van der Waals surface area (Å²) in [6.07, 6.45) is 5.48. The van der Waals surface area contributed by atoms with Gasteiger partial charge < -0.3 is 9.40 Å². The molecule has 0 unspecified atom stereocenters. The second kappa shape index (κ2) is 7.35. The minimum Gasteiger partial charge on any atom is -0.464 e. The minimum atomic E-state index is -0.112. The Morgan fingerprint density at radius 3 is 2.97 bits per heavy atom. The number of nitrogens with one attached hydrogen (secondary N) is 1. The van der Waals surface area contributed by atoms with Gasteiger partial charge in [0.25, 0.3) is 5.56 Å². The third-order valence-electron chi connectivity index (χ3n) is 5.48. The normalized spacial score (nSPS) is 14.0. The van der Waals surface area contributed by atoms with Crippen LogP contribution >= 0.6 is 0 Å². The van der Waals surface area contributed by atoms with E-state index in [1.807, 2.05) is 37.3 Å². The molecule has 1 aliphatic rings. The monoisotopic (exact) mass is 400 g/mol. The van der Waals surface area contributed by atoms with Crippen LogP contribution in [0, 0.1) is 6.92 Å². The average Bonchev–Trinajstić information content (AvgIpc) is 2.76. The molecular weight excluding hydrogens is 380 g/mol. The van der Waals surface area contributed by atoms with Gasteiger partial charge in [0, 0.05) is 48.7 Å². The first-order valence-electron chi connectivity index (χ1n) is 9.84. The van der Waals surface area contributed by atoms with Crippen LogP contribution in [0.3, 0.4) is 0 Å². The van der Waals surface area contributed by atoms with Crippen molar-refractivity contribution in [3.8, 4) is 11.4 Å². The molecule has 0 amide bonds. The summed E-state index contributed by atoms with van der Waals surface area (Å²) in [6.45, 7) is 3.58. The quantitative estimate of drug-likeness (QED) is 0.569. The highest BCUT2D eigenvalue weighted by Gasteiger charge is 2.22. The van der Waals surface area contributed by atoms with Crippen LogP contribution < -0.4 is 11.0 Å². The lowest BCUT2D eigenvalue weighted by Gasteiger charge is -2.27. The molecule has 0 bridgehead atoms. The summed E-state index contributed by atoms with van der Waals surface area (Å²) in [7, 11) is 0. The van der Waals surface area contributed by atoms with E-state index in [1.165, 1.54) is 0 Å². The summed E-state index contributed by atoms with van der Waals surface area (Å²) < 4.78 is 5.68. The number of rotatable bonds is 3. The third kappa shape index (κ3) is 3.33. The predicted octanol–water partition coefficient (Wildman–Crippen LogP) is 2.81. The number of H-pyrrole nitrogens is 1. The zero-order chi connectivity index (χ0) is 20.7. The van der Waals surface area contributed by atoms with Crippen molar-refractivity contribution in [2.45, 2.75) is 26.4 Å². The predicted molar refractivity (Wildman–Crippen MR) is 113 cm³/mol. The van der Waals surface area contributed by atoms with Crippen molar-refractivity contribution in [1.82, 2.24) is 19.9 Å². The zero-order valence-electron chi connectivity index (χ0n) is 16.5. The van der Waals surface area contributed by atoms with Gasteiger partial charge in [-0.3, -0.25) is 19.5 Å². The molecule has 5 rings (SSSR count). The molecule has 0 fully saturated rings. The lowest BCUT2D eigenvalue weighted by atomic mass is 10.0. The molecule has 4 heterocycles. The molecule has 0 saturated heterocycles. The molecule has 150 valence electrons. The van der Waals surface area contributed by atoms with Crippen LogP contribution in [0.4, 0.5) is 0 Å². The maximum absolute atomic E-state index is 12.9. The van der Waals surface area contributed by atoms with Crippen LogP contribution in [0.25, 0.3) is 22.4 Å². The number of aromatic nitrogens is 3. The van der Waals surface area contributed by atoms with E-state index in [0.29, 0.717) is 54.0 Å². The van der Waals surface area contributed by atoms with Crippen molar-refractivity contribution in [1.29, 1.82) is 0 Å². The number of hydrogen-bond donors (Lipinski definition) is 1. The smallest absolute Gasteiger partial charge is 0.254 e. The number of aromatic amines is 1. The molecule has 0 atom stereocenters. The van der Waals surface area contributed by atoms with Gasteiger partial charge in [-0.1, -0.05) is 11.6 Å². The summed E-state index contributed by atoms with van der Waals surface area (Å²) in [6, 6.07) is 9.28.